The van der Waals surface area contributed by atoms with E-state index in [4.69, 9.17) is 0 Å². The van der Waals surface area contributed by atoms with Gasteiger partial charge in [-0.05, 0) is 59.2 Å². The summed E-state index contributed by atoms with van der Waals surface area (Å²) in [5, 5.41) is 0. The van der Waals surface area contributed by atoms with E-state index in [0.29, 0.717) is 5.56 Å². The maximum atomic E-state index is 12.4. The van der Waals surface area contributed by atoms with E-state index < -0.39 is 0 Å². The Bertz CT molecular complexity index is 434. The maximum absolute atomic E-state index is 12.4. The molecule has 2 atom stereocenters. The first-order valence-corrected chi connectivity index (χ1v) is 7.42. The monoisotopic (exact) mass is 308 g/mol. The van der Waals surface area contributed by atoms with Crippen molar-refractivity contribution in [3.63, 3.8) is 0 Å². The molecular weight excluding hydrogens is 292 g/mol. The lowest BCUT2D eigenvalue weighted by Gasteiger charge is -2.41. The van der Waals surface area contributed by atoms with Crippen molar-refractivity contribution in [1.29, 1.82) is 0 Å². The summed E-state index contributed by atoms with van der Waals surface area (Å²) in [4.78, 5) is 18.6. The van der Waals surface area contributed by atoms with Crippen molar-refractivity contribution < 1.29 is 4.79 Å². The van der Waals surface area contributed by atoms with Crippen LogP contribution in [0.15, 0.2) is 22.9 Å². The Hall–Kier alpha value is -0.900. The Morgan fingerprint density at radius 3 is 2.61 bits per heavy atom. The Kier molecular flexibility index (Phi) is 3.37. The highest BCUT2D eigenvalue weighted by Gasteiger charge is 2.32. The van der Waals surface area contributed by atoms with E-state index in [2.05, 4.69) is 20.9 Å². The molecule has 2 heterocycles. The third-order valence-corrected chi connectivity index (χ3v) is 4.58. The summed E-state index contributed by atoms with van der Waals surface area (Å²) in [7, 11) is 0. The predicted molar refractivity (Wildman–Crippen MR) is 73.3 cm³/mol. The van der Waals surface area contributed by atoms with E-state index in [1.807, 2.05) is 17.0 Å². The number of hydrogen-bond donors (Lipinski definition) is 0. The molecule has 1 aromatic heterocycles. The zero-order chi connectivity index (χ0) is 12.5. The van der Waals surface area contributed by atoms with Gasteiger partial charge in [-0.1, -0.05) is 6.42 Å². The number of rotatable bonds is 1. The normalized spacial score (nSPS) is 27.1. The summed E-state index contributed by atoms with van der Waals surface area (Å²) < 4.78 is 0.773. The highest BCUT2D eigenvalue weighted by atomic mass is 79.9. The van der Waals surface area contributed by atoms with Crippen molar-refractivity contribution in [2.45, 2.75) is 25.7 Å². The topological polar surface area (TPSA) is 33.2 Å². The molecule has 2 unspecified atom stereocenters. The third-order valence-electron chi connectivity index (χ3n) is 4.11. The zero-order valence-electron chi connectivity index (χ0n) is 10.3. The average Bonchev–Trinajstić information content (AvgIpc) is 2.38. The third kappa shape index (κ3) is 2.44. The number of fused-ring (bicyclic) bond motifs is 2. The Balaban J connectivity index is 1.74. The van der Waals surface area contributed by atoms with Crippen LogP contribution in [0.2, 0.25) is 0 Å². The van der Waals surface area contributed by atoms with Crippen molar-refractivity contribution in [3.8, 4) is 0 Å². The molecule has 96 valence electrons. The van der Waals surface area contributed by atoms with Gasteiger partial charge in [-0.2, -0.15) is 0 Å². The van der Waals surface area contributed by atoms with E-state index in [1.165, 1.54) is 25.7 Å². The number of carbonyl (C=O) groups is 1. The summed E-state index contributed by atoms with van der Waals surface area (Å²) in [6.45, 7) is 1.87. The number of aromatic nitrogens is 1. The van der Waals surface area contributed by atoms with Crippen molar-refractivity contribution in [3.05, 3.63) is 28.5 Å². The number of carbonyl (C=O) groups excluding carboxylic acids is 1. The second kappa shape index (κ2) is 5.00. The van der Waals surface area contributed by atoms with Crippen LogP contribution in [0.5, 0.6) is 0 Å². The lowest BCUT2D eigenvalue weighted by atomic mass is 9.78. The minimum Gasteiger partial charge on any atom is -0.338 e. The van der Waals surface area contributed by atoms with Crippen molar-refractivity contribution in [2.75, 3.05) is 13.1 Å². The number of halogens is 1. The van der Waals surface area contributed by atoms with Crippen LogP contribution in [0.4, 0.5) is 0 Å². The van der Waals surface area contributed by atoms with Crippen LogP contribution in [0.25, 0.3) is 0 Å². The fourth-order valence-electron chi connectivity index (χ4n) is 3.28. The van der Waals surface area contributed by atoms with Gasteiger partial charge in [-0.3, -0.25) is 4.79 Å². The van der Waals surface area contributed by atoms with Crippen molar-refractivity contribution >= 4 is 21.8 Å². The second-order valence-corrected chi connectivity index (χ2v) is 6.29. The van der Waals surface area contributed by atoms with Crippen LogP contribution in [-0.4, -0.2) is 28.9 Å². The first-order valence-electron chi connectivity index (χ1n) is 6.63. The predicted octanol–water partition coefficient (Wildman–Crippen LogP) is 3.11. The molecule has 0 aromatic carbocycles. The average molecular weight is 309 g/mol. The van der Waals surface area contributed by atoms with E-state index in [1.54, 1.807) is 6.20 Å². The summed E-state index contributed by atoms with van der Waals surface area (Å²) in [6, 6.07) is 3.68. The Morgan fingerprint density at radius 2 is 2.00 bits per heavy atom. The number of amides is 1. The fourth-order valence-corrected chi connectivity index (χ4v) is 3.52. The lowest BCUT2D eigenvalue weighted by molar-refractivity contribution is 0.0504. The number of likely N-dealkylation sites (tertiary alicyclic amines) is 1. The van der Waals surface area contributed by atoms with Gasteiger partial charge in [0.2, 0.25) is 0 Å². The molecule has 1 saturated carbocycles. The molecule has 1 saturated heterocycles. The molecule has 0 spiro atoms. The summed E-state index contributed by atoms with van der Waals surface area (Å²) in [5.74, 6) is 1.60. The van der Waals surface area contributed by atoms with Crippen LogP contribution in [-0.2, 0) is 0 Å². The molecule has 3 nitrogen and oxygen atoms in total. The van der Waals surface area contributed by atoms with Crippen LogP contribution >= 0.6 is 15.9 Å². The molecule has 1 aromatic rings. The zero-order valence-corrected chi connectivity index (χ0v) is 11.9. The van der Waals surface area contributed by atoms with Crippen LogP contribution in [0.3, 0.4) is 0 Å². The Morgan fingerprint density at radius 1 is 1.28 bits per heavy atom. The number of pyridine rings is 1. The SMILES string of the molecule is O=C(c1ccc(Br)nc1)N1CC2CCCC(C2)C1. The van der Waals surface area contributed by atoms with Gasteiger partial charge in [0.1, 0.15) is 4.60 Å². The molecule has 4 heteroatoms. The molecule has 1 aliphatic carbocycles. The van der Waals surface area contributed by atoms with E-state index >= 15 is 0 Å². The largest absolute Gasteiger partial charge is 0.338 e. The van der Waals surface area contributed by atoms with Crippen molar-refractivity contribution in [1.82, 2.24) is 9.88 Å². The van der Waals surface area contributed by atoms with Crippen LogP contribution in [0.1, 0.15) is 36.0 Å². The van der Waals surface area contributed by atoms with Gasteiger partial charge < -0.3 is 4.90 Å². The minimum absolute atomic E-state index is 0.145. The van der Waals surface area contributed by atoms with Gasteiger partial charge in [0.15, 0.2) is 0 Å². The molecule has 18 heavy (non-hydrogen) atoms. The van der Waals surface area contributed by atoms with Crippen LogP contribution in [0, 0.1) is 11.8 Å². The maximum Gasteiger partial charge on any atom is 0.255 e. The summed E-state index contributed by atoms with van der Waals surface area (Å²) >= 11 is 3.29. The Labute approximate surface area is 116 Å². The molecule has 3 rings (SSSR count). The summed E-state index contributed by atoms with van der Waals surface area (Å²) in [6.07, 6.45) is 6.91. The molecule has 0 N–H and O–H groups in total. The van der Waals surface area contributed by atoms with E-state index in [0.717, 1.165) is 29.5 Å². The molecular formula is C14H17BrN2O. The van der Waals surface area contributed by atoms with Crippen LogP contribution < -0.4 is 0 Å². The number of piperidine rings is 1. The minimum atomic E-state index is 0.145. The molecule has 1 aliphatic heterocycles. The van der Waals surface area contributed by atoms with Crippen molar-refractivity contribution in [2.24, 2.45) is 11.8 Å². The molecule has 2 bridgehead atoms. The molecule has 0 radical (unpaired) electrons. The lowest BCUT2D eigenvalue weighted by Crippen LogP contribution is -2.45. The van der Waals surface area contributed by atoms with Gasteiger partial charge in [-0.15, -0.1) is 0 Å². The standard InChI is InChI=1S/C14H17BrN2O/c15-13-5-4-12(7-16-13)14(18)17-8-10-2-1-3-11(6-10)9-17/h4-5,7,10-11H,1-3,6,8-9H2. The first kappa shape index (κ1) is 12.2. The highest BCUT2D eigenvalue weighted by molar-refractivity contribution is 9.10. The quantitative estimate of drug-likeness (QED) is 0.747. The molecule has 2 fully saturated rings. The van der Waals surface area contributed by atoms with Gasteiger partial charge >= 0.3 is 0 Å². The summed E-state index contributed by atoms with van der Waals surface area (Å²) in [5.41, 5.74) is 0.707. The second-order valence-electron chi connectivity index (χ2n) is 5.48. The number of hydrogen-bond acceptors (Lipinski definition) is 2. The van der Waals surface area contributed by atoms with Gasteiger partial charge in [0.05, 0.1) is 5.56 Å². The van der Waals surface area contributed by atoms with E-state index in [9.17, 15) is 4.79 Å². The highest BCUT2D eigenvalue weighted by Crippen LogP contribution is 2.34. The van der Waals surface area contributed by atoms with E-state index in [-0.39, 0.29) is 5.91 Å². The molecule has 2 aliphatic rings. The number of nitrogens with zero attached hydrogens (tertiary/aromatic N) is 2. The fraction of sp³-hybridized carbons (Fsp3) is 0.571. The smallest absolute Gasteiger partial charge is 0.255 e. The van der Waals surface area contributed by atoms with Gasteiger partial charge in [0.25, 0.3) is 5.91 Å². The van der Waals surface area contributed by atoms with Gasteiger partial charge in [-0.25, -0.2) is 4.98 Å². The van der Waals surface area contributed by atoms with Gasteiger partial charge in [0, 0.05) is 19.3 Å². The first-order chi connectivity index (χ1) is 8.72. The molecule has 1 amide bonds.